The lowest BCUT2D eigenvalue weighted by molar-refractivity contribution is 0.100. The Morgan fingerprint density at radius 2 is 1.92 bits per heavy atom. The molecule has 0 atom stereocenters. The van der Waals surface area contributed by atoms with Crippen molar-refractivity contribution < 1.29 is 9.21 Å². The average molecular weight is 350 g/mol. The zero-order chi connectivity index (χ0) is 17.2. The maximum Gasteiger partial charge on any atom is 0.252 e. The van der Waals surface area contributed by atoms with Gasteiger partial charge in [0.2, 0.25) is 0 Å². The Balaban J connectivity index is 1.63. The van der Waals surface area contributed by atoms with E-state index in [4.69, 9.17) is 10.2 Å². The second-order valence-electron chi connectivity index (χ2n) is 6.08. The quantitative estimate of drug-likeness (QED) is 0.691. The van der Waals surface area contributed by atoms with E-state index in [1.807, 2.05) is 42.5 Å². The molecule has 0 radical (unpaired) electrons. The topological polar surface area (TPSA) is 68.6 Å². The molecular weight excluding hydrogens is 332 g/mol. The summed E-state index contributed by atoms with van der Waals surface area (Å²) in [5, 5.41) is 0.692. The SMILES string of the molecule is NC(=O)c1c(N=Cc2ccc(-c3ccccc3)o2)sc2c1CCCC2. The molecule has 2 heterocycles. The number of aliphatic imine (C=N–C) groups is 1. The van der Waals surface area contributed by atoms with Crippen molar-refractivity contribution in [3.8, 4) is 11.3 Å². The van der Waals surface area contributed by atoms with Crippen LogP contribution in [0.1, 0.15) is 39.4 Å². The number of rotatable bonds is 4. The fourth-order valence-corrected chi connectivity index (χ4v) is 4.44. The Morgan fingerprint density at radius 1 is 1.12 bits per heavy atom. The van der Waals surface area contributed by atoms with E-state index in [2.05, 4.69) is 4.99 Å². The molecule has 25 heavy (non-hydrogen) atoms. The third-order valence-electron chi connectivity index (χ3n) is 4.39. The van der Waals surface area contributed by atoms with E-state index in [-0.39, 0.29) is 0 Å². The number of carbonyl (C=O) groups excluding carboxylic acids is 1. The molecule has 1 aliphatic rings. The number of hydrogen-bond donors (Lipinski definition) is 1. The number of benzene rings is 1. The molecular formula is C20H18N2O2S. The van der Waals surface area contributed by atoms with Crippen LogP contribution in [0.4, 0.5) is 5.00 Å². The van der Waals surface area contributed by atoms with E-state index in [1.165, 1.54) is 4.88 Å². The fourth-order valence-electron chi connectivity index (χ4n) is 3.20. The van der Waals surface area contributed by atoms with Gasteiger partial charge in [-0.2, -0.15) is 0 Å². The zero-order valence-electron chi connectivity index (χ0n) is 13.7. The van der Waals surface area contributed by atoms with Gasteiger partial charge in [0.15, 0.2) is 0 Å². The van der Waals surface area contributed by atoms with Gasteiger partial charge >= 0.3 is 0 Å². The van der Waals surface area contributed by atoms with Crippen molar-refractivity contribution >= 4 is 28.5 Å². The monoisotopic (exact) mass is 350 g/mol. The average Bonchev–Trinajstić information content (AvgIpc) is 3.25. The molecule has 0 saturated heterocycles. The summed E-state index contributed by atoms with van der Waals surface area (Å²) in [6.07, 6.45) is 5.85. The first kappa shape index (κ1) is 15.8. The summed E-state index contributed by atoms with van der Waals surface area (Å²) in [7, 11) is 0. The molecule has 5 heteroatoms. The molecule has 0 unspecified atom stereocenters. The van der Waals surface area contributed by atoms with Gasteiger partial charge < -0.3 is 10.2 Å². The second kappa shape index (κ2) is 6.69. The van der Waals surface area contributed by atoms with Crippen LogP contribution < -0.4 is 5.73 Å². The Morgan fingerprint density at radius 3 is 2.72 bits per heavy atom. The number of furan rings is 1. The van der Waals surface area contributed by atoms with Gasteiger partial charge in [0, 0.05) is 10.4 Å². The first-order valence-electron chi connectivity index (χ1n) is 8.36. The highest BCUT2D eigenvalue weighted by Crippen LogP contribution is 2.39. The molecule has 2 aromatic heterocycles. The molecule has 1 aromatic carbocycles. The molecule has 126 valence electrons. The van der Waals surface area contributed by atoms with Crippen molar-refractivity contribution in [2.24, 2.45) is 10.7 Å². The van der Waals surface area contributed by atoms with Gasteiger partial charge in [0.1, 0.15) is 16.5 Å². The van der Waals surface area contributed by atoms with Crippen molar-refractivity contribution in [3.63, 3.8) is 0 Å². The number of nitrogens with zero attached hydrogens (tertiary/aromatic N) is 1. The highest BCUT2D eigenvalue weighted by Gasteiger charge is 2.23. The van der Waals surface area contributed by atoms with Crippen molar-refractivity contribution in [1.82, 2.24) is 0 Å². The molecule has 3 aromatic rings. The van der Waals surface area contributed by atoms with Crippen LogP contribution in [0.2, 0.25) is 0 Å². The van der Waals surface area contributed by atoms with Crippen LogP contribution in [0.15, 0.2) is 51.9 Å². The highest BCUT2D eigenvalue weighted by atomic mass is 32.1. The molecule has 0 saturated carbocycles. The predicted octanol–water partition coefficient (Wildman–Crippen LogP) is 4.74. The van der Waals surface area contributed by atoms with Crippen molar-refractivity contribution in [1.29, 1.82) is 0 Å². The third kappa shape index (κ3) is 3.15. The fraction of sp³-hybridized carbons (Fsp3) is 0.200. The van der Waals surface area contributed by atoms with E-state index < -0.39 is 5.91 Å². The lowest BCUT2D eigenvalue weighted by Gasteiger charge is -2.10. The number of nitrogens with two attached hydrogens (primary N) is 1. The minimum Gasteiger partial charge on any atom is -0.455 e. The summed E-state index contributed by atoms with van der Waals surface area (Å²) in [5.41, 5.74) is 8.31. The molecule has 0 bridgehead atoms. The van der Waals surface area contributed by atoms with E-state index in [9.17, 15) is 4.79 Å². The lowest BCUT2D eigenvalue weighted by Crippen LogP contribution is -2.14. The predicted molar refractivity (Wildman–Crippen MR) is 101 cm³/mol. The minimum atomic E-state index is -0.393. The normalized spacial score (nSPS) is 13.9. The molecule has 0 spiro atoms. The number of amides is 1. The highest BCUT2D eigenvalue weighted by molar-refractivity contribution is 7.16. The number of carbonyl (C=O) groups is 1. The molecule has 0 fully saturated rings. The molecule has 4 rings (SSSR count). The van der Waals surface area contributed by atoms with Crippen LogP contribution in [-0.2, 0) is 12.8 Å². The van der Waals surface area contributed by atoms with Crippen molar-refractivity contribution in [3.05, 3.63) is 64.2 Å². The van der Waals surface area contributed by atoms with Crippen LogP contribution >= 0.6 is 11.3 Å². The number of aryl methyl sites for hydroxylation is 1. The minimum absolute atomic E-state index is 0.393. The second-order valence-corrected chi connectivity index (χ2v) is 7.17. The lowest BCUT2D eigenvalue weighted by atomic mass is 9.95. The van der Waals surface area contributed by atoms with Gasteiger partial charge in [-0.1, -0.05) is 30.3 Å². The zero-order valence-corrected chi connectivity index (χ0v) is 14.5. The maximum absolute atomic E-state index is 11.9. The number of primary amides is 1. The van der Waals surface area contributed by atoms with E-state index in [0.29, 0.717) is 16.3 Å². The van der Waals surface area contributed by atoms with Gasteiger partial charge in [0.05, 0.1) is 11.8 Å². The van der Waals surface area contributed by atoms with Gasteiger partial charge in [-0.25, -0.2) is 4.99 Å². The summed E-state index contributed by atoms with van der Waals surface area (Å²) in [6, 6.07) is 13.7. The summed E-state index contributed by atoms with van der Waals surface area (Å²) in [4.78, 5) is 17.6. The third-order valence-corrected chi connectivity index (χ3v) is 5.59. The Kier molecular flexibility index (Phi) is 4.24. The molecule has 2 N–H and O–H groups in total. The summed E-state index contributed by atoms with van der Waals surface area (Å²) >= 11 is 1.57. The van der Waals surface area contributed by atoms with E-state index in [0.717, 1.165) is 42.6 Å². The first-order valence-corrected chi connectivity index (χ1v) is 9.17. The maximum atomic E-state index is 11.9. The smallest absolute Gasteiger partial charge is 0.252 e. The van der Waals surface area contributed by atoms with Gasteiger partial charge in [-0.3, -0.25) is 4.79 Å². The standard InChI is InChI=1S/C20H18N2O2S/c21-19(23)18-15-8-4-5-9-17(15)25-20(18)22-12-14-10-11-16(24-14)13-6-2-1-3-7-13/h1-3,6-7,10-12H,4-5,8-9H2,(H2,21,23). The van der Waals surface area contributed by atoms with Gasteiger partial charge in [-0.05, 0) is 43.4 Å². The number of hydrogen-bond acceptors (Lipinski definition) is 4. The van der Waals surface area contributed by atoms with Gasteiger partial charge in [-0.15, -0.1) is 11.3 Å². The van der Waals surface area contributed by atoms with Crippen LogP contribution in [-0.4, -0.2) is 12.1 Å². The van der Waals surface area contributed by atoms with Crippen molar-refractivity contribution in [2.45, 2.75) is 25.7 Å². The molecule has 1 aliphatic carbocycles. The van der Waals surface area contributed by atoms with Gasteiger partial charge in [0.25, 0.3) is 5.91 Å². The Hall–Kier alpha value is -2.66. The largest absolute Gasteiger partial charge is 0.455 e. The number of thiophene rings is 1. The Bertz CT molecular complexity index is 938. The molecule has 0 aliphatic heterocycles. The van der Waals surface area contributed by atoms with Crippen LogP contribution in [0, 0.1) is 0 Å². The summed E-state index contributed by atoms with van der Waals surface area (Å²) in [5.74, 6) is 1.05. The van der Waals surface area contributed by atoms with E-state index in [1.54, 1.807) is 17.6 Å². The molecule has 1 amide bonds. The van der Waals surface area contributed by atoms with Crippen molar-refractivity contribution in [2.75, 3.05) is 0 Å². The first-order chi connectivity index (χ1) is 12.2. The summed E-state index contributed by atoms with van der Waals surface area (Å²) in [6.45, 7) is 0. The van der Waals surface area contributed by atoms with Crippen LogP contribution in [0.3, 0.4) is 0 Å². The van der Waals surface area contributed by atoms with Crippen LogP contribution in [0.25, 0.3) is 11.3 Å². The van der Waals surface area contributed by atoms with Crippen LogP contribution in [0.5, 0.6) is 0 Å². The molecule has 4 nitrogen and oxygen atoms in total. The Labute approximate surface area is 150 Å². The van der Waals surface area contributed by atoms with E-state index >= 15 is 0 Å². The number of fused-ring (bicyclic) bond motifs is 1. The summed E-state index contributed by atoms with van der Waals surface area (Å²) < 4.78 is 5.83.